The highest BCUT2D eigenvalue weighted by molar-refractivity contribution is 5.71. The number of hydrazine groups is 1. The van der Waals surface area contributed by atoms with E-state index in [2.05, 4.69) is 10.3 Å². The summed E-state index contributed by atoms with van der Waals surface area (Å²) in [6.45, 7) is 8.97. The van der Waals surface area contributed by atoms with Crippen molar-refractivity contribution in [1.29, 1.82) is 0 Å². The highest BCUT2D eigenvalue weighted by atomic mass is 16.6. The van der Waals surface area contributed by atoms with E-state index in [4.69, 9.17) is 9.47 Å². The van der Waals surface area contributed by atoms with Crippen molar-refractivity contribution in [1.82, 2.24) is 20.2 Å². The second-order valence-corrected chi connectivity index (χ2v) is 8.22. The van der Waals surface area contributed by atoms with Gasteiger partial charge in [-0.25, -0.2) is 9.80 Å². The minimum atomic E-state index is -0.519. The van der Waals surface area contributed by atoms with Crippen LogP contribution in [0.25, 0.3) is 0 Å². The summed E-state index contributed by atoms with van der Waals surface area (Å²) in [5.41, 5.74) is 3.14. The molecule has 1 rings (SSSR count). The number of esters is 1. The first kappa shape index (κ1) is 24.9. The van der Waals surface area contributed by atoms with Crippen LogP contribution in [0.1, 0.15) is 26.3 Å². The summed E-state index contributed by atoms with van der Waals surface area (Å²) in [6, 6.07) is 9.64. The van der Waals surface area contributed by atoms with E-state index in [0.717, 1.165) is 25.2 Å². The Morgan fingerprint density at radius 3 is 2.14 bits per heavy atom. The molecule has 29 heavy (non-hydrogen) atoms. The van der Waals surface area contributed by atoms with Crippen LogP contribution in [0.3, 0.4) is 0 Å². The van der Waals surface area contributed by atoms with Gasteiger partial charge < -0.3 is 14.4 Å². The number of amides is 1. The smallest absolute Gasteiger partial charge is 0.422 e. The Balaban J connectivity index is 2.17. The van der Waals surface area contributed by atoms with Crippen molar-refractivity contribution in [3.8, 4) is 0 Å². The molecule has 8 nitrogen and oxygen atoms in total. The number of ether oxygens (including phenoxy) is 2. The Hall–Kier alpha value is -2.16. The van der Waals surface area contributed by atoms with Gasteiger partial charge in [0.2, 0.25) is 0 Å². The molecule has 0 saturated heterocycles. The van der Waals surface area contributed by atoms with Crippen LogP contribution in [-0.4, -0.2) is 86.3 Å². The summed E-state index contributed by atoms with van der Waals surface area (Å²) >= 11 is 0. The highest BCUT2D eigenvalue weighted by Gasteiger charge is 2.17. The number of carbonyl (C=O) groups is 2. The van der Waals surface area contributed by atoms with Gasteiger partial charge >= 0.3 is 12.1 Å². The summed E-state index contributed by atoms with van der Waals surface area (Å²) in [7, 11) is 5.70. The van der Waals surface area contributed by atoms with Gasteiger partial charge in [-0.15, -0.1) is 0 Å². The zero-order chi connectivity index (χ0) is 21.9. The van der Waals surface area contributed by atoms with Crippen LogP contribution in [0.5, 0.6) is 0 Å². The van der Waals surface area contributed by atoms with E-state index < -0.39 is 11.7 Å². The van der Waals surface area contributed by atoms with Crippen LogP contribution in [0.4, 0.5) is 4.79 Å². The van der Waals surface area contributed by atoms with Gasteiger partial charge in [0.05, 0.1) is 6.54 Å². The maximum atomic E-state index is 12.0. The molecule has 0 bridgehead atoms. The van der Waals surface area contributed by atoms with Crippen LogP contribution in [-0.2, 0) is 20.9 Å². The largest absolute Gasteiger partial charge is 0.460 e. The molecule has 0 spiro atoms. The SMILES string of the molecule is CN(CCN(C)CC(=O)OCc1ccccc1)CCN(C)NC(=O)OC(C)(C)C. The van der Waals surface area contributed by atoms with Gasteiger partial charge in [-0.3, -0.25) is 15.1 Å². The normalized spacial score (nSPS) is 11.8. The maximum Gasteiger partial charge on any atom is 0.422 e. The summed E-state index contributed by atoms with van der Waals surface area (Å²) in [6.07, 6.45) is -0.462. The third kappa shape index (κ3) is 12.8. The lowest BCUT2D eigenvalue weighted by molar-refractivity contribution is -0.146. The van der Waals surface area contributed by atoms with E-state index in [9.17, 15) is 9.59 Å². The number of hydrogen-bond donors (Lipinski definition) is 1. The number of hydrogen-bond acceptors (Lipinski definition) is 7. The molecule has 0 heterocycles. The molecule has 164 valence electrons. The third-order valence-electron chi connectivity index (χ3n) is 4.00. The van der Waals surface area contributed by atoms with Crippen molar-refractivity contribution in [2.24, 2.45) is 0 Å². The first-order chi connectivity index (χ1) is 13.5. The molecule has 0 aliphatic carbocycles. The average molecular weight is 409 g/mol. The second-order valence-electron chi connectivity index (χ2n) is 8.22. The molecular formula is C21H36N4O4. The molecule has 1 aromatic rings. The van der Waals surface area contributed by atoms with Gasteiger partial charge in [0, 0.05) is 33.2 Å². The summed E-state index contributed by atoms with van der Waals surface area (Å²) in [5.74, 6) is -0.236. The van der Waals surface area contributed by atoms with Crippen molar-refractivity contribution >= 4 is 12.1 Å². The predicted molar refractivity (Wildman–Crippen MR) is 113 cm³/mol. The van der Waals surface area contributed by atoms with E-state index in [1.165, 1.54) is 0 Å². The highest BCUT2D eigenvalue weighted by Crippen LogP contribution is 2.06. The number of benzene rings is 1. The fourth-order valence-electron chi connectivity index (χ4n) is 2.37. The van der Waals surface area contributed by atoms with Crippen molar-refractivity contribution in [3.05, 3.63) is 35.9 Å². The Morgan fingerprint density at radius 1 is 0.931 bits per heavy atom. The van der Waals surface area contributed by atoms with Crippen molar-refractivity contribution in [3.63, 3.8) is 0 Å². The number of nitrogens with one attached hydrogen (secondary N) is 1. The molecule has 0 fully saturated rings. The van der Waals surface area contributed by atoms with Crippen LogP contribution >= 0.6 is 0 Å². The zero-order valence-electron chi connectivity index (χ0n) is 18.6. The lowest BCUT2D eigenvalue weighted by atomic mass is 10.2. The monoisotopic (exact) mass is 408 g/mol. The maximum absolute atomic E-state index is 12.0. The number of carbonyl (C=O) groups excluding carboxylic acids is 2. The number of nitrogens with zero attached hydrogens (tertiary/aromatic N) is 3. The van der Waals surface area contributed by atoms with E-state index in [1.807, 2.05) is 70.1 Å². The van der Waals surface area contributed by atoms with E-state index in [-0.39, 0.29) is 12.5 Å². The molecule has 1 aromatic carbocycles. The fourth-order valence-corrected chi connectivity index (χ4v) is 2.37. The second kappa shape index (κ2) is 12.4. The zero-order valence-corrected chi connectivity index (χ0v) is 18.6. The molecule has 0 aliphatic heterocycles. The van der Waals surface area contributed by atoms with E-state index >= 15 is 0 Å². The molecule has 0 saturated carbocycles. The molecule has 1 amide bonds. The van der Waals surface area contributed by atoms with Crippen LogP contribution in [0.15, 0.2) is 30.3 Å². The molecule has 1 N–H and O–H groups in total. The van der Waals surface area contributed by atoms with Gasteiger partial charge in [-0.05, 0) is 40.4 Å². The van der Waals surface area contributed by atoms with Crippen molar-refractivity contribution in [2.75, 3.05) is 53.9 Å². The summed E-state index contributed by atoms with van der Waals surface area (Å²) in [5, 5.41) is 1.70. The van der Waals surface area contributed by atoms with Crippen molar-refractivity contribution in [2.45, 2.75) is 33.0 Å². The average Bonchev–Trinajstić information content (AvgIpc) is 2.62. The van der Waals surface area contributed by atoms with E-state index in [0.29, 0.717) is 13.2 Å². The Bertz CT molecular complexity index is 619. The van der Waals surface area contributed by atoms with Gasteiger partial charge in [-0.2, -0.15) is 0 Å². The quantitative estimate of drug-likeness (QED) is 0.443. The minimum absolute atomic E-state index is 0.236. The van der Waals surface area contributed by atoms with Crippen LogP contribution in [0, 0.1) is 0 Å². The predicted octanol–water partition coefficient (Wildman–Crippen LogP) is 1.96. The lowest BCUT2D eigenvalue weighted by Crippen LogP contribution is -2.45. The summed E-state index contributed by atoms with van der Waals surface area (Å²) in [4.78, 5) is 27.8. The van der Waals surface area contributed by atoms with Gasteiger partial charge in [-0.1, -0.05) is 30.3 Å². The molecule has 0 atom stereocenters. The van der Waals surface area contributed by atoms with Gasteiger partial charge in [0.15, 0.2) is 0 Å². The first-order valence-corrected chi connectivity index (χ1v) is 9.82. The minimum Gasteiger partial charge on any atom is -0.460 e. The van der Waals surface area contributed by atoms with E-state index in [1.54, 1.807) is 12.1 Å². The molecule has 0 aromatic heterocycles. The third-order valence-corrected chi connectivity index (χ3v) is 4.00. The Morgan fingerprint density at radius 2 is 1.52 bits per heavy atom. The van der Waals surface area contributed by atoms with Crippen molar-refractivity contribution < 1.29 is 19.1 Å². The molecule has 0 aliphatic rings. The van der Waals surface area contributed by atoms with Gasteiger partial charge in [0.1, 0.15) is 12.2 Å². The Kier molecular flexibility index (Phi) is 10.6. The topological polar surface area (TPSA) is 74.4 Å². The van der Waals surface area contributed by atoms with Crippen LogP contribution < -0.4 is 5.43 Å². The standard InChI is InChI=1S/C21H36N4O4/c1-21(2,3)29-20(27)22-25(6)15-14-23(4)12-13-24(5)16-19(26)28-17-18-10-8-7-9-11-18/h7-11H,12-17H2,1-6H3,(H,22,27). The molecule has 0 radical (unpaired) electrons. The number of likely N-dealkylation sites (N-methyl/N-ethyl adjacent to an activating group) is 3. The molecule has 0 unspecified atom stereocenters. The van der Waals surface area contributed by atoms with Gasteiger partial charge in [0.25, 0.3) is 0 Å². The summed E-state index contributed by atoms with van der Waals surface area (Å²) < 4.78 is 10.5. The Labute approximate surface area is 174 Å². The molecule has 8 heteroatoms. The van der Waals surface area contributed by atoms with Crippen LogP contribution in [0.2, 0.25) is 0 Å². The lowest BCUT2D eigenvalue weighted by Gasteiger charge is -2.26. The fraction of sp³-hybridized carbons (Fsp3) is 0.619. The molecular weight excluding hydrogens is 372 g/mol. The first-order valence-electron chi connectivity index (χ1n) is 9.82. The number of rotatable bonds is 11.